The van der Waals surface area contributed by atoms with Gasteiger partial charge in [0.25, 0.3) is 5.91 Å². The molecule has 1 aliphatic carbocycles. The second kappa shape index (κ2) is 5.76. The highest BCUT2D eigenvalue weighted by Crippen LogP contribution is 2.43. The molecule has 0 radical (unpaired) electrons. The molecular weight excluding hydrogens is 296 g/mol. The van der Waals surface area contributed by atoms with Crippen LogP contribution in [0.5, 0.6) is 0 Å². The Balaban J connectivity index is 1.96. The van der Waals surface area contributed by atoms with Crippen LogP contribution in [0.2, 0.25) is 0 Å². The van der Waals surface area contributed by atoms with Crippen molar-refractivity contribution < 1.29 is 14.6 Å². The number of nitrogens with one attached hydrogen (secondary N) is 1. The SMILES string of the molecule is CO[C@@]12CC[C@@H](O)C[C@@H]1N(C(=O)c1c(C)cc(=O)[nH]c1C)CC2. The maximum Gasteiger partial charge on any atom is 0.256 e. The molecule has 1 saturated heterocycles. The van der Waals surface area contributed by atoms with Crippen LogP contribution in [0, 0.1) is 13.8 Å². The van der Waals surface area contributed by atoms with E-state index in [1.807, 2.05) is 4.90 Å². The van der Waals surface area contributed by atoms with E-state index >= 15 is 0 Å². The molecule has 2 heterocycles. The van der Waals surface area contributed by atoms with Gasteiger partial charge in [0.05, 0.1) is 23.3 Å². The minimum Gasteiger partial charge on any atom is -0.393 e. The number of aryl methyl sites for hydroxylation is 2. The zero-order chi connectivity index (χ0) is 16.8. The Morgan fingerprint density at radius 3 is 2.83 bits per heavy atom. The Kier molecular flexibility index (Phi) is 4.06. The number of pyridine rings is 1. The molecule has 6 heteroatoms. The fourth-order valence-electron chi connectivity index (χ4n) is 4.24. The first-order chi connectivity index (χ1) is 10.9. The summed E-state index contributed by atoms with van der Waals surface area (Å²) < 4.78 is 5.78. The molecule has 0 aromatic carbocycles. The van der Waals surface area contributed by atoms with Crippen LogP contribution in [0.15, 0.2) is 10.9 Å². The Labute approximate surface area is 135 Å². The van der Waals surface area contributed by atoms with Gasteiger partial charge in [-0.2, -0.15) is 0 Å². The van der Waals surface area contributed by atoms with Crippen LogP contribution in [0.4, 0.5) is 0 Å². The lowest BCUT2D eigenvalue weighted by Gasteiger charge is -2.42. The fourth-order valence-corrected chi connectivity index (χ4v) is 4.24. The van der Waals surface area contributed by atoms with Gasteiger partial charge < -0.3 is 19.7 Å². The van der Waals surface area contributed by atoms with Crippen LogP contribution < -0.4 is 5.56 Å². The number of aromatic nitrogens is 1. The number of methoxy groups -OCH3 is 1. The number of aromatic amines is 1. The molecule has 3 atom stereocenters. The molecular formula is C17H24N2O4. The number of aliphatic hydroxyl groups excluding tert-OH is 1. The molecule has 1 amide bonds. The molecule has 1 saturated carbocycles. The average Bonchev–Trinajstić information content (AvgIpc) is 2.85. The van der Waals surface area contributed by atoms with Gasteiger partial charge >= 0.3 is 0 Å². The number of fused-ring (bicyclic) bond motifs is 1. The second-order valence-electron chi connectivity index (χ2n) is 6.78. The van der Waals surface area contributed by atoms with Crippen LogP contribution in [0.25, 0.3) is 0 Å². The second-order valence-corrected chi connectivity index (χ2v) is 6.78. The Bertz CT molecular complexity index is 657. The molecule has 2 aliphatic rings. The predicted molar refractivity (Wildman–Crippen MR) is 85.6 cm³/mol. The zero-order valence-corrected chi connectivity index (χ0v) is 13.9. The molecule has 0 spiro atoms. The number of nitrogens with zero attached hydrogens (tertiary/aromatic N) is 1. The van der Waals surface area contributed by atoms with E-state index in [0.29, 0.717) is 36.2 Å². The summed E-state index contributed by atoms with van der Waals surface area (Å²) in [6.45, 7) is 4.14. The van der Waals surface area contributed by atoms with Gasteiger partial charge in [-0.05, 0) is 45.1 Å². The number of carbonyl (C=O) groups excluding carboxylic acids is 1. The molecule has 1 aromatic heterocycles. The number of carbonyl (C=O) groups is 1. The third kappa shape index (κ3) is 2.60. The number of hydrogen-bond donors (Lipinski definition) is 2. The first kappa shape index (κ1) is 16.2. The minimum absolute atomic E-state index is 0.0886. The highest BCUT2D eigenvalue weighted by Gasteiger charge is 2.52. The van der Waals surface area contributed by atoms with Gasteiger partial charge in [-0.1, -0.05) is 0 Å². The van der Waals surface area contributed by atoms with Crippen molar-refractivity contribution in [2.45, 2.75) is 57.3 Å². The lowest BCUT2D eigenvalue weighted by molar-refractivity contribution is -0.0824. The van der Waals surface area contributed by atoms with Gasteiger partial charge in [-0.3, -0.25) is 9.59 Å². The maximum absolute atomic E-state index is 13.1. The molecule has 1 aliphatic heterocycles. The number of rotatable bonds is 2. The van der Waals surface area contributed by atoms with E-state index in [4.69, 9.17) is 4.74 Å². The third-order valence-corrected chi connectivity index (χ3v) is 5.46. The standard InChI is InChI=1S/C17H24N2O4/c1-10-8-14(21)18-11(2)15(10)16(22)19-7-6-17(23-3)5-4-12(20)9-13(17)19/h8,12-13,20H,4-7,9H2,1-3H3,(H,18,21)/t12-,13+,17-/m1/s1. The van der Waals surface area contributed by atoms with Gasteiger partial charge in [0.2, 0.25) is 5.56 Å². The number of likely N-dealkylation sites (tertiary alicyclic amines) is 1. The van der Waals surface area contributed by atoms with Gasteiger partial charge in [0.1, 0.15) is 0 Å². The largest absolute Gasteiger partial charge is 0.393 e. The van der Waals surface area contributed by atoms with Gasteiger partial charge in [0, 0.05) is 25.4 Å². The molecule has 126 valence electrons. The summed E-state index contributed by atoms with van der Waals surface area (Å²) in [6.07, 6.45) is 2.41. The minimum atomic E-state index is -0.394. The van der Waals surface area contributed by atoms with Crippen LogP contribution in [-0.4, -0.2) is 52.3 Å². The summed E-state index contributed by atoms with van der Waals surface area (Å²) in [5.41, 5.74) is 1.28. The van der Waals surface area contributed by atoms with Crippen molar-refractivity contribution in [1.29, 1.82) is 0 Å². The van der Waals surface area contributed by atoms with Crippen LogP contribution in [0.3, 0.4) is 0 Å². The molecule has 0 unspecified atom stereocenters. The van der Waals surface area contributed by atoms with E-state index in [1.165, 1.54) is 6.07 Å². The van der Waals surface area contributed by atoms with Crippen LogP contribution in [-0.2, 0) is 4.74 Å². The van der Waals surface area contributed by atoms with Gasteiger partial charge in [-0.15, -0.1) is 0 Å². The van der Waals surface area contributed by atoms with Gasteiger partial charge in [-0.25, -0.2) is 0 Å². The summed E-state index contributed by atoms with van der Waals surface area (Å²) in [7, 11) is 1.69. The Hall–Kier alpha value is -1.66. The van der Waals surface area contributed by atoms with Crippen molar-refractivity contribution in [3.63, 3.8) is 0 Å². The molecule has 2 fully saturated rings. The Morgan fingerprint density at radius 2 is 2.17 bits per heavy atom. The summed E-state index contributed by atoms with van der Waals surface area (Å²) in [4.78, 5) is 29.2. The van der Waals surface area contributed by atoms with Crippen molar-refractivity contribution in [2.24, 2.45) is 0 Å². The average molecular weight is 320 g/mol. The number of ether oxygens (including phenoxy) is 1. The fraction of sp³-hybridized carbons (Fsp3) is 0.647. The molecule has 6 nitrogen and oxygen atoms in total. The predicted octanol–water partition coefficient (Wildman–Crippen LogP) is 1.14. The number of aliphatic hydroxyl groups is 1. The molecule has 23 heavy (non-hydrogen) atoms. The lowest BCUT2D eigenvalue weighted by Crippen LogP contribution is -2.53. The lowest BCUT2D eigenvalue weighted by atomic mass is 9.79. The number of amides is 1. The first-order valence-corrected chi connectivity index (χ1v) is 8.12. The smallest absolute Gasteiger partial charge is 0.256 e. The molecule has 0 bridgehead atoms. The normalized spacial score (nSPS) is 30.3. The Morgan fingerprint density at radius 1 is 1.43 bits per heavy atom. The number of H-pyrrole nitrogens is 1. The zero-order valence-electron chi connectivity index (χ0n) is 13.9. The first-order valence-electron chi connectivity index (χ1n) is 8.12. The van der Waals surface area contributed by atoms with Crippen molar-refractivity contribution in [1.82, 2.24) is 9.88 Å². The molecule has 1 aromatic rings. The van der Waals surface area contributed by atoms with Crippen LogP contribution >= 0.6 is 0 Å². The van der Waals surface area contributed by atoms with E-state index < -0.39 is 6.10 Å². The van der Waals surface area contributed by atoms with Crippen molar-refractivity contribution in [2.75, 3.05) is 13.7 Å². The molecule has 2 N–H and O–H groups in total. The summed E-state index contributed by atoms with van der Waals surface area (Å²) in [5, 5.41) is 10.0. The number of hydrogen-bond acceptors (Lipinski definition) is 4. The van der Waals surface area contributed by atoms with E-state index in [1.54, 1.807) is 21.0 Å². The van der Waals surface area contributed by atoms with Crippen molar-refractivity contribution >= 4 is 5.91 Å². The van der Waals surface area contributed by atoms with E-state index in [0.717, 1.165) is 12.8 Å². The summed E-state index contributed by atoms with van der Waals surface area (Å²) >= 11 is 0. The third-order valence-electron chi connectivity index (χ3n) is 5.46. The van der Waals surface area contributed by atoms with Crippen molar-refractivity contribution in [3.8, 4) is 0 Å². The highest BCUT2D eigenvalue weighted by atomic mass is 16.5. The molecule has 3 rings (SSSR count). The summed E-state index contributed by atoms with van der Waals surface area (Å²) in [6, 6.07) is 1.34. The van der Waals surface area contributed by atoms with E-state index in [-0.39, 0.29) is 23.1 Å². The van der Waals surface area contributed by atoms with E-state index in [9.17, 15) is 14.7 Å². The van der Waals surface area contributed by atoms with Crippen molar-refractivity contribution in [3.05, 3.63) is 33.2 Å². The van der Waals surface area contributed by atoms with Crippen LogP contribution in [0.1, 0.15) is 47.3 Å². The highest BCUT2D eigenvalue weighted by molar-refractivity contribution is 5.97. The maximum atomic E-state index is 13.1. The monoisotopic (exact) mass is 320 g/mol. The quantitative estimate of drug-likeness (QED) is 0.856. The van der Waals surface area contributed by atoms with E-state index in [2.05, 4.69) is 4.98 Å². The summed E-state index contributed by atoms with van der Waals surface area (Å²) in [5.74, 6) is -0.0886. The van der Waals surface area contributed by atoms with Gasteiger partial charge in [0.15, 0.2) is 0 Å². The topological polar surface area (TPSA) is 82.6 Å².